The summed E-state index contributed by atoms with van der Waals surface area (Å²) in [6.45, 7) is 3.52. The minimum Gasteiger partial charge on any atom is -0.487 e. The molecule has 0 bridgehead atoms. The molecule has 0 aromatic heterocycles. The Labute approximate surface area is 245 Å². The van der Waals surface area contributed by atoms with Crippen molar-refractivity contribution in [3.8, 4) is 5.75 Å². The second-order valence-electron chi connectivity index (χ2n) is 10.6. The van der Waals surface area contributed by atoms with Crippen LogP contribution in [0.5, 0.6) is 5.75 Å². The first-order valence-corrected chi connectivity index (χ1v) is 13.6. The molecule has 7 nitrogen and oxygen atoms in total. The minimum absolute atomic E-state index is 0.0314. The van der Waals surface area contributed by atoms with Gasteiger partial charge in [0.2, 0.25) is 5.91 Å². The van der Waals surface area contributed by atoms with E-state index in [2.05, 4.69) is 16.0 Å². The zero-order valence-corrected chi connectivity index (χ0v) is 24.4. The summed E-state index contributed by atoms with van der Waals surface area (Å²) in [6, 6.07) is 6.60. The zero-order chi connectivity index (χ0) is 30.7. The van der Waals surface area contributed by atoms with Gasteiger partial charge in [0.25, 0.3) is 24.2 Å². The van der Waals surface area contributed by atoms with Crippen molar-refractivity contribution in [2.75, 3.05) is 11.9 Å². The fraction of sp³-hybridized carbons (Fsp3) is 0.464. The maximum atomic E-state index is 13.8. The fourth-order valence-electron chi connectivity index (χ4n) is 3.79. The van der Waals surface area contributed by atoms with E-state index in [1.54, 1.807) is 0 Å². The van der Waals surface area contributed by atoms with Gasteiger partial charge in [-0.25, -0.2) is 17.6 Å². The third kappa shape index (κ3) is 8.03. The van der Waals surface area contributed by atoms with Crippen LogP contribution in [-0.4, -0.2) is 42.7 Å². The predicted molar refractivity (Wildman–Crippen MR) is 148 cm³/mol. The van der Waals surface area contributed by atoms with E-state index in [0.29, 0.717) is 12.8 Å². The Balaban J connectivity index is 1.82. The molecule has 0 saturated heterocycles. The van der Waals surface area contributed by atoms with E-state index in [1.165, 1.54) is 30.3 Å². The Morgan fingerprint density at radius 3 is 2.29 bits per heavy atom. The van der Waals surface area contributed by atoms with Crippen LogP contribution in [-0.2, 0) is 11.3 Å². The van der Waals surface area contributed by atoms with Crippen molar-refractivity contribution in [3.63, 3.8) is 0 Å². The number of carbonyl (C=O) groups is 3. The van der Waals surface area contributed by atoms with Gasteiger partial charge in [-0.2, -0.15) is 0 Å². The van der Waals surface area contributed by atoms with Crippen LogP contribution in [0.2, 0.25) is 10.0 Å². The van der Waals surface area contributed by atoms with E-state index in [9.17, 15) is 31.9 Å². The van der Waals surface area contributed by atoms with Crippen LogP contribution in [0.1, 0.15) is 66.8 Å². The van der Waals surface area contributed by atoms with Gasteiger partial charge in [0, 0.05) is 25.2 Å². The Bertz CT molecular complexity index is 1310. The molecule has 0 heterocycles. The molecule has 3 rings (SSSR count). The highest BCUT2D eigenvalue weighted by atomic mass is 35.5. The van der Waals surface area contributed by atoms with Crippen LogP contribution in [0.15, 0.2) is 30.3 Å². The maximum Gasteiger partial charge on any atom is 0.272 e. The topological polar surface area (TPSA) is 96.5 Å². The van der Waals surface area contributed by atoms with Gasteiger partial charge >= 0.3 is 0 Å². The van der Waals surface area contributed by atoms with Gasteiger partial charge in [-0.1, -0.05) is 29.3 Å². The molecule has 3 N–H and O–H groups in total. The molecule has 0 radical (unpaired) electrons. The van der Waals surface area contributed by atoms with Crippen LogP contribution in [0, 0.1) is 11.3 Å². The summed E-state index contributed by atoms with van der Waals surface area (Å²) in [5.74, 6) is -5.29. The predicted octanol–water partition coefficient (Wildman–Crippen LogP) is 6.72. The number of hydrogen-bond donors (Lipinski definition) is 3. The first-order valence-electron chi connectivity index (χ1n) is 12.8. The van der Waals surface area contributed by atoms with Crippen molar-refractivity contribution in [1.82, 2.24) is 10.6 Å². The lowest BCUT2D eigenvalue weighted by atomic mass is 9.85. The lowest BCUT2D eigenvalue weighted by Gasteiger charge is -2.29. The highest BCUT2D eigenvalue weighted by molar-refractivity contribution is 6.40. The first kappa shape index (κ1) is 32.5. The van der Waals surface area contributed by atoms with Gasteiger partial charge < -0.3 is 20.7 Å². The Hall–Kier alpha value is -3.05. The first-order chi connectivity index (χ1) is 19.0. The molecule has 1 aliphatic rings. The van der Waals surface area contributed by atoms with E-state index in [0.717, 1.165) is 26.7 Å². The van der Waals surface area contributed by atoms with Crippen molar-refractivity contribution in [1.29, 1.82) is 0 Å². The summed E-state index contributed by atoms with van der Waals surface area (Å²) < 4.78 is 58.3. The molecule has 41 heavy (non-hydrogen) atoms. The van der Waals surface area contributed by atoms with Crippen molar-refractivity contribution in [3.05, 3.63) is 57.1 Å². The van der Waals surface area contributed by atoms with Crippen LogP contribution in [0.25, 0.3) is 0 Å². The Morgan fingerprint density at radius 1 is 1.05 bits per heavy atom. The number of hydrogen-bond acceptors (Lipinski definition) is 4. The largest absolute Gasteiger partial charge is 0.487 e. The minimum atomic E-state index is -3.29. The lowest BCUT2D eigenvalue weighted by molar-refractivity contribution is -0.151. The number of alkyl halides is 4. The number of nitrogens with one attached hydrogen (secondary N) is 3. The zero-order valence-electron chi connectivity index (χ0n) is 22.8. The number of benzene rings is 2. The van der Waals surface area contributed by atoms with Crippen LogP contribution in [0.3, 0.4) is 0 Å². The Kier molecular flexibility index (Phi) is 10.2. The summed E-state index contributed by atoms with van der Waals surface area (Å²) in [4.78, 5) is 38.6. The monoisotopic (exact) mass is 619 g/mol. The van der Waals surface area contributed by atoms with E-state index in [1.807, 2.05) is 6.92 Å². The molecule has 0 aliphatic heterocycles. The Morgan fingerprint density at radius 2 is 1.71 bits per heavy atom. The third-order valence-corrected chi connectivity index (χ3v) is 7.78. The third-order valence-electron chi connectivity index (χ3n) is 7.04. The smallest absolute Gasteiger partial charge is 0.272 e. The highest BCUT2D eigenvalue weighted by Crippen LogP contribution is 2.36. The molecular formula is C28H31Cl2F4N3O4. The van der Waals surface area contributed by atoms with Gasteiger partial charge in [0.1, 0.15) is 17.8 Å². The second kappa shape index (κ2) is 12.9. The van der Waals surface area contributed by atoms with Gasteiger partial charge in [-0.3, -0.25) is 14.4 Å². The normalized spacial score (nSPS) is 14.4. The number of halogens is 6. The van der Waals surface area contributed by atoms with E-state index < -0.39 is 42.1 Å². The van der Waals surface area contributed by atoms with Crippen LogP contribution >= 0.6 is 23.2 Å². The van der Waals surface area contributed by atoms with Crippen molar-refractivity contribution in [2.45, 2.75) is 65.5 Å². The van der Waals surface area contributed by atoms with Gasteiger partial charge in [0.15, 0.2) is 0 Å². The van der Waals surface area contributed by atoms with E-state index >= 15 is 0 Å². The molecule has 2 aromatic carbocycles. The fourth-order valence-corrected chi connectivity index (χ4v) is 4.40. The molecule has 1 saturated carbocycles. The second-order valence-corrected chi connectivity index (χ2v) is 11.3. The molecule has 1 unspecified atom stereocenters. The molecule has 1 fully saturated rings. The van der Waals surface area contributed by atoms with Gasteiger partial charge in [-0.15, -0.1) is 0 Å². The van der Waals surface area contributed by atoms with Crippen LogP contribution in [0.4, 0.5) is 23.2 Å². The molecule has 224 valence electrons. The lowest BCUT2D eigenvalue weighted by Crippen LogP contribution is -2.47. The number of anilines is 1. The average molecular weight is 620 g/mol. The molecule has 1 aliphatic carbocycles. The molecular weight excluding hydrogens is 589 g/mol. The average Bonchev–Trinajstić information content (AvgIpc) is 3.72. The van der Waals surface area contributed by atoms with E-state index in [4.69, 9.17) is 27.9 Å². The molecule has 1 atom stereocenters. The van der Waals surface area contributed by atoms with Crippen LogP contribution < -0.4 is 20.7 Å². The summed E-state index contributed by atoms with van der Waals surface area (Å²) >= 11 is 12.7. The number of carbonyl (C=O) groups excluding carboxylic acids is 3. The van der Waals surface area contributed by atoms with Crippen molar-refractivity contribution < 1.29 is 36.7 Å². The molecule has 2 aromatic rings. The van der Waals surface area contributed by atoms with Crippen molar-refractivity contribution in [2.24, 2.45) is 11.3 Å². The maximum absolute atomic E-state index is 13.8. The summed E-state index contributed by atoms with van der Waals surface area (Å²) in [7, 11) is 0. The van der Waals surface area contributed by atoms with Gasteiger partial charge in [0.05, 0.1) is 21.2 Å². The number of amides is 3. The SMILES string of the molecule is CC(NC(=O)c1cc(NC(=O)c2c(Cl)ccc(CNC(=O)C(C)(C)C(C)(F)F)c2Cl)ccc1OCC(F)F)C1CC1. The summed E-state index contributed by atoms with van der Waals surface area (Å²) in [5, 5.41) is 7.65. The quantitative estimate of drug-likeness (QED) is 0.230. The molecule has 3 amide bonds. The summed E-state index contributed by atoms with van der Waals surface area (Å²) in [6.07, 6.45) is -0.819. The van der Waals surface area contributed by atoms with E-state index in [-0.39, 0.29) is 50.8 Å². The molecule has 0 spiro atoms. The van der Waals surface area contributed by atoms with Crippen molar-refractivity contribution >= 4 is 46.6 Å². The highest BCUT2D eigenvalue weighted by Gasteiger charge is 2.48. The molecule has 13 heteroatoms. The standard InChI is InChI=1S/C28H31Cl2F4N3O4/c1-14(15-5-6-15)36-24(38)18-11-17(8-10-20(18)41-13-21(31)32)37-25(39)22-19(29)9-7-16(23(22)30)12-35-26(40)27(2,3)28(4,33)34/h7-11,14-15,21H,5-6,12-13H2,1-4H3,(H,35,40)(H,36,38)(H,37,39). The van der Waals surface area contributed by atoms with Gasteiger partial charge in [-0.05, 0) is 69.4 Å². The summed E-state index contributed by atoms with van der Waals surface area (Å²) in [5.41, 5.74) is -1.85. The number of ether oxygens (including phenoxy) is 1. The number of rotatable bonds is 12.